The largest absolute Gasteiger partial charge is 0.356 e. The fourth-order valence-electron chi connectivity index (χ4n) is 2.47. The van der Waals surface area contributed by atoms with E-state index in [-0.39, 0.29) is 42.1 Å². The first-order valence-corrected chi connectivity index (χ1v) is 11.6. The van der Waals surface area contributed by atoms with Crippen molar-refractivity contribution in [2.75, 3.05) is 25.6 Å². The summed E-state index contributed by atoms with van der Waals surface area (Å²) in [5.41, 5.74) is 1.09. The van der Waals surface area contributed by atoms with Gasteiger partial charge in [0.25, 0.3) is 0 Å². The number of guanidine groups is 1. The van der Waals surface area contributed by atoms with Crippen LogP contribution >= 0.6 is 35.7 Å². The van der Waals surface area contributed by atoms with Crippen molar-refractivity contribution in [1.29, 1.82) is 0 Å². The molecule has 0 heterocycles. The molecule has 0 atom stereocenters. The van der Waals surface area contributed by atoms with Crippen LogP contribution in [0.5, 0.6) is 0 Å². The van der Waals surface area contributed by atoms with Gasteiger partial charge >= 0.3 is 0 Å². The highest BCUT2D eigenvalue weighted by molar-refractivity contribution is 14.0. The monoisotopic (exact) mass is 555 g/mol. The second-order valence-corrected chi connectivity index (χ2v) is 9.39. The Labute approximate surface area is 191 Å². The first-order chi connectivity index (χ1) is 13.3. The fourth-order valence-corrected chi connectivity index (χ4v) is 4.13. The molecule has 2 rings (SSSR count). The van der Waals surface area contributed by atoms with Gasteiger partial charge in [0.05, 0.1) is 5.75 Å². The van der Waals surface area contributed by atoms with Gasteiger partial charge in [-0.05, 0) is 35.4 Å². The van der Waals surface area contributed by atoms with Gasteiger partial charge in [-0.2, -0.15) is 0 Å². The summed E-state index contributed by atoms with van der Waals surface area (Å²) in [4.78, 5) is 4.67. The Morgan fingerprint density at radius 2 is 1.83 bits per heavy atom. The highest BCUT2D eigenvalue weighted by Crippen LogP contribution is 2.20. The molecule has 160 valence electrons. The predicted molar refractivity (Wildman–Crippen MR) is 126 cm³/mol. The molecule has 2 N–H and O–H groups in total. The summed E-state index contributed by atoms with van der Waals surface area (Å²) in [6.07, 6.45) is 1.14. The van der Waals surface area contributed by atoms with Gasteiger partial charge in [-0.3, -0.25) is 4.99 Å². The second-order valence-electron chi connectivity index (χ2n) is 6.11. The van der Waals surface area contributed by atoms with Crippen LogP contribution in [-0.2, 0) is 22.1 Å². The van der Waals surface area contributed by atoms with E-state index in [9.17, 15) is 17.2 Å². The van der Waals surface area contributed by atoms with Gasteiger partial charge in [0, 0.05) is 37.0 Å². The maximum absolute atomic E-state index is 13.6. The second kappa shape index (κ2) is 12.3. The number of nitrogens with one attached hydrogen (secondary N) is 2. The molecule has 5 nitrogen and oxygen atoms in total. The van der Waals surface area contributed by atoms with Crippen molar-refractivity contribution < 1.29 is 17.2 Å². The highest BCUT2D eigenvalue weighted by atomic mass is 127. The van der Waals surface area contributed by atoms with E-state index in [1.165, 1.54) is 36.0 Å². The Morgan fingerprint density at radius 3 is 2.48 bits per heavy atom. The molecule has 0 saturated heterocycles. The summed E-state index contributed by atoms with van der Waals surface area (Å²) in [7, 11) is -1.63. The van der Waals surface area contributed by atoms with Crippen LogP contribution < -0.4 is 10.6 Å². The Morgan fingerprint density at radius 1 is 1.10 bits per heavy atom. The van der Waals surface area contributed by atoms with Gasteiger partial charge in [0.2, 0.25) is 0 Å². The van der Waals surface area contributed by atoms with Gasteiger partial charge in [0.15, 0.2) is 15.8 Å². The zero-order valence-corrected chi connectivity index (χ0v) is 20.1. The number of hydrogen-bond acceptors (Lipinski definition) is 4. The van der Waals surface area contributed by atoms with Gasteiger partial charge in [-0.15, -0.1) is 35.7 Å². The molecule has 2 aromatic rings. The number of thioether (sulfide) groups is 1. The van der Waals surface area contributed by atoms with E-state index in [1.807, 2.05) is 0 Å². The SMILES string of the molecule is CN=C(NCCSc1ccccc1F)NCc1cc(F)ccc1CS(C)(=O)=O.I. The minimum Gasteiger partial charge on any atom is -0.356 e. The minimum absolute atomic E-state index is 0. The first kappa shape index (κ1) is 25.6. The third-order valence-electron chi connectivity index (χ3n) is 3.74. The molecule has 10 heteroatoms. The average molecular weight is 555 g/mol. The number of halogens is 3. The standard InChI is InChI=1S/C19H23F2N3O2S2.HI/c1-22-19(23-9-10-27-18-6-4-3-5-17(18)21)24-12-15-11-16(20)8-7-14(15)13-28(2,25)26;/h3-8,11H,9-10,12-13H2,1-2H3,(H2,22,23,24);1H. The van der Waals surface area contributed by atoms with Crippen LogP contribution in [-0.4, -0.2) is 40.0 Å². The van der Waals surface area contributed by atoms with Crippen LogP contribution in [0.2, 0.25) is 0 Å². The van der Waals surface area contributed by atoms with Gasteiger partial charge in [-0.1, -0.05) is 18.2 Å². The molecular formula is C19H24F2IN3O2S2. The molecule has 29 heavy (non-hydrogen) atoms. The van der Waals surface area contributed by atoms with E-state index >= 15 is 0 Å². The van der Waals surface area contributed by atoms with E-state index in [1.54, 1.807) is 25.2 Å². The molecule has 0 aliphatic heterocycles. The molecule has 0 amide bonds. The highest BCUT2D eigenvalue weighted by Gasteiger charge is 2.11. The van der Waals surface area contributed by atoms with Crippen LogP contribution in [0.4, 0.5) is 8.78 Å². The number of rotatable bonds is 8. The number of aliphatic imine (C=N–C) groups is 1. The Balaban J connectivity index is 0.00000420. The van der Waals surface area contributed by atoms with E-state index in [0.717, 1.165) is 6.26 Å². The molecule has 0 radical (unpaired) electrons. The summed E-state index contributed by atoms with van der Waals surface area (Å²) in [6.45, 7) is 0.765. The molecule has 0 aliphatic rings. The quantitative estimate of drug-likeness (QED) is 0.171. The normalized spacial score (nSPS) is 11.7. The molecule has 0 aliphatic carbocycles. The lowest BCUT2D eigenvalue weighted by atomic mass is 10.1. The van der Waals surface area contributed by atoms with Crippen molar-refractivity contribution in [2.45, 2.75) is 17.2 Å². The lowest BCUT2D eigenvalue weighted by Gasteiger charge is -2.14. The zero-order valence-electron chi connectivity index (χ0n) is 16.1. The van der Waals surface area contributed by atoms with Crippen molar-refractivity contribution in [3.63, 3.8) is 0 Å². The van der Waals surface area contributed by atoms with E-state index < -0.39 is 15.7 Å². The smallest absolute Gasteiger partial charge is 0.191 e. The maximum atomic E-state index is 13.6. The minimum atomic E-state index is -3.23. The number of nitrogens with zero attached hydrogens (tertiary/aromatic N) is 1. The molecule has 0 bridgehead atoms. The van der Waals surface area contributed by atoms with E-state index in [2.05, 4.69) is 15.6 Å². The number of hydrogen-bond donors (Lipinski definition) is 2. The van der Waals surface area contributed by atoms with Crippen molar-refractivity contribution >= 4 is 51.5 Å². The Bertz CT molecular complexity index is 941. The predicted octanol–water partition coefficient (Wildman–Crippen LogP) is 3.58. The summed E-state index contributed by atoms with van der Waals surface area (Å²) >= 11 is 1.39. The molecule has 0 spiro atoms. The number of sulfone groups is 1. The third-order valence-corrected chi connectivity index (χ3v) is 5.63. The van der Waals surface area contributed by atoms with Crippen LogP contribution in [0.3, 0.4) is 0 Å². The Kier molecular flexibility index (Phi) is 10.9. The topological polar surface area (TPSA) is 70.6 Å². The lowest BCUT2D eigenvalue weighted by molar-refractivity contribution is 0.599. The summed E-state index contributed by atoms with van der Waals surface area (Å²) < 4.78 is 50.3. The van der Waals surface area contributed by atoms with Crippen molar-refractivity contribution in [1.82, 2.24) is 10.6 Å². The molecule has 2 aromatic carbocycles. The Hall–Kier alpha value is -1.40. The van der Waals surface area contributed by atoms with Gasteiger partial charge in [-0.25, -0.2) is 17.2 Å². The zero-order chi connectivity index (χ0) is 20.6. The summed E-state index contributed by atoms with van der Waals surface area (Å²) in [5, 5.41) is 6.14. The maximum Gasteiger partial charge on any atom is 0.191 e. The average Bonchev–Trinajstić information content (AvgIpc) is 2.63. The first-order valence-electron chi connectivity index (χ1n) is 8.55. The van der Waals surface area contributed by atoms with Crippen LogP contribution in [0.1, 0.15) is 11.1 Å². The number of benzene rings is 2. The third kappa shape index (κ3) is 9.30. The van der Waals surface area contributed by atoms with Crippen LogP contribution in [0.25, 0.3) is 0 Å². The lowest BCUT2D eigenvalue weighted by Crippen LogP contribution is -2.38. The van der Waals surface area contributed by atoms with Crippen molar-refractivity contribution in [3.8, 4) is 0 Å². The van der Waals surface area contributed by atoms with E-state index in [4.69, 9.17) is 0 Å². The van der Waals surface area contributed by atoms with E-state index in [0.29, 0.717) is 34.3 Å². The van der Waals surface area contributed by atoms with Gasteiger partial charge in [0.1, 0.15) is 11.6 Å². The van der Waals surface area contributed by atoms with Crippen molar-refractivity contribution in [3.05, 3.63) is 65.2 Å². The molecule has 0 aromatic heterocycles. The van der Waals surface area contributed by atoms with Crippen LogP contribution in [0.15, 0.2) is 52.4 Å². The van der Waals surface area contributed by atoms with Gasteiger partial charge < -0.3 is 10.6 Å². The summed E-state index contributed by atoms with van der Waals surface area (Å²) in [6, 6.07) is 10.6. The fraction of sp³-hybridized carbons (Fsp3) is 0.316. The molecule has 0 saturated carbocycles. The van der Waals surface area contributed by atoms with Crippen LogP contribution in [0, 0.1) is 11.6 Å². The van der Waals surface area contributed by atoms with Crippen molar-refractivity contribution in [2.24, 2.45) is 4.99 Å². The summed E-state index contributed by atoms with van der Waals surface area (Å²) in [5.74, 6) is 0.276. The molecule has 0 fully saturated rings. The molecule has 0 unspecified atom stereocenters. The molecular weight excluding hydrogens is 531 g/mol.